The van der Waals surface area contributed by atoms with Crippen LogP contribution in [0.5, 0.6) is 0 Å². The number of hydrogen-bond acceptors (Lipinski definition) is 3. The molecule has 3 heteroatoms. The van der Waals surface area contributed by atoms with Gasteiger partial charge in [-0.05, 0) is 11.4 Å². The lowest BCUT2D eigenvalue weighted by Gasteiger charge is -2.20. The lowest BCUT2D eigenvalue weighted by Crippen LogP contribution is -2.26. The molecule has 0 saturated heterocycles. The molecule has 1 heterocycles. The first-order chi connectivity index (χ1) is 6.29. The normalized spacial score (nSPS) is 27.4. The molecule has 0 spiro atoms. The maximum atomic E-state index is 9.65. The molecule has 2 nitrogen and oxygen atoms in total. The third-order valence-corrected chi connectivity index (χ3v) is 2.95. The van der Waals surface area contributed by atoms with E-state index in [2.05, 4.69) is 0 Å². The van der Waals surface area contributed by atoms with Crippen LogP contribution in [0.1, 0.15) is 4.88 Å². The van der Waals surface area contributed by atoms with Gasteiger partial charge in [-0.25, -0.2) is 0 Å². The van der Waals surface area contributed by atoms with E-state index in [0.717, 1.165) is 10.5 Å². The van der Waals surface area contributed by atoms with Crippen LogP contribution in [0.25, 0.3) is 5.57 Å². The first-order valence-corrected chi connectivity index (χ1v) is 4.95. The highest BCUT2D eigenvalue weighted by atomic mass is 32.1. The SMILES string of the molecule is O[C@@H]1C(c2cccs2)=CC=C[C@@H]1O. The molecule has 0 unspecified atom stereocenters. The Bertz CT molecular complexity index is 338. The zero-order chi connectivity index (χ0) is 9.26. The summed E-state index contributed by atoms with van der Waals surface area (Å²) in [5, 5.41) is 21.0. The standard InChI is InChI=1S/C10H10O2S/c11-8-4-1-3-7(10(8)12)9-5-2-6-13-9/h1-6,8,10-12H/t8-,10+/m0/s1. The first kappa shape index (κ1) is 8.69. The van der Waals surface area contributed by atoms with E-state index in [4.69, 9.17) is 0 Å². The monoisotopic (exact) mass is 194 g/mol. The second-order valence-electron chi connectivity index (χ2n) is 2.92. The van der Waals surface area contributed by atoms with Crippen molar-refractivity contribution in [1.29, 1.82) is 0 Å². The molecular weight excluding hydrogens is 184 g/mol. The maximum Gasteiger partial charge on any atom is 0.110 e. The first-order valence-electron chi connectivity index (χ1n) is 4.07. The van der Waals surface area contributed by atoms with Gasteiger partial charge in [-0.2, -0.15) is 0 Å². The van der Waals surface area contributed by atoms with Crippen molar-refractivity contribution in [2.75, 3.05) is 0 Å². The average molecular weight is 194 g/mol. The molecule has 0 amide bonds. The van der Waals surface area contributed by atoms with Gasteiger partial charge in [-0.15, -0.1) is 11.3 Å². The lowest BCUT2D eigenvalue weighted by atomic mass is 9.98. The quantitative estimate of drug-likeness (QED) is 0.710. The third kappa shape index (κ3) is 1.58. The molecule has 1 aromatic rings. The van der Waals surface area contributed by atoms with Gasteiger partial charge in [-0.3, -0.25) is 0 Å². The summed E-state index contributed by atoms with van der Waals surface area (Å²) in [5.74, 6) is 0. The molecule has 0 aliphatic heterocycles. The number of hydrogen-bond donors (Lipinski definition) is 2. The van der Waals surface area contributed by atoms with Crippen molar-refractivity contribution in [3.05, 3.63) is 40.6 Å². The van der Waals surface area contributed by atoms with E-state index in [1.54, 1.807) is 23.5 Å². The van der Waals surface area contributed by atoms with E-state index in [1.165, 1.54) is 0 Å². The van der Waals surface area contributed by atoms with Gasteiger partial charge in [0.2, 0.25) is 0 Å². The minimum atomic E-state index is -0.788. The fraction of sp³-hybridized carbons (Fsp3) is 0.200. The number of thiophene rings is 1. The van der Waals surface area contributed by atoms with Gasteiger partial charge in [0.05, 0.1) is 0 Å². The van der Waals surface area contributed by atoms with E-state index < -0.39 is 12.2 Å². The van der Waals surface area contributed by atoms with E-state index in [9.17, 15) is 10.2 Å². The predicted octanol–water partition coefficient (Wildman–Crippen LogP) is 1.42. The fourth-order valence-electron chi connectivity index (χ4n) is 1.33. The van der Waals surface area contributed by atoms with Gasteiger partial charge in [0.15, 0.2) is 0 Å². The van der Waals surface area contributed by atoms with Crippen LogP contribution in [-0.2, 0) is 0 Å². The molecule has 2 N–H and O–H groups in total. The molecule has 0 aromatic carbocycles. The Morgan fingerprint density at radius 2 is 2.15 bits per heavy atom. The van der Waals surface area contributed by atoms with Crippen molar-refractivity contribution in [2.24, 2.45) is 0 Å². The smallest absolute Gasteiger partial charge is 0.110 e. The summed E-state index contributed by atoms with van der Waals surface area (Å²) in [7, 11) is 0. The number of aliphatic hydroxyl groups excluding tert-OH is 2. The molecule has 0 fully saturated rings. The van der Waals surface area contributed by atoms with Crippen LogP contribution in [0.4, 0.5) is 0 Å². The van der Waals surface area contributed by atoms with Gasteiger partial charge in [-0.1, -0.05) is 24.3 Å². The average Bonchev–Trinajstić information content (AvgIpc) is 2.62. The van der Waals surface area contributed by atoms with Crippen molar-refractivity contribution in [2.45, 2.75) is 12.2 Å². The number of aliphatic hydroxyl groups is 2. The summed E-state index contributed by atoms with van der Waals surface area (Å²) in [6.45, 7) is 0. The van der Waals surface area contributed by atoms with Gasteiger partial charge in [0.25, 0.3) is 0 Å². The molecule has 1 aromatic heterocycles. The molecule has 0 radical (unpaired) electrons. The molecule has 68 valence electrons. The summed E-state index contributed by atoms with van der Waals surface area (Å²) in [5.41, 5.74) is 0.796. The maximum absolute atomic E-state index is 9.65. The topological polar surface area (TPSA) is 40.5 Å². The molecule has 2 atom stereocenters. The molecule has 0 saturated carbocycles. The van der Waals surface area contributed by atoms with E-state index in [-0.39, 0.29) is 0 Å². The molecule has 2 rings (SSSR count). The highest BCUT2D eigenvalue weighted by Crippen LogP contribution is 2.27. The Kier molecular flexibility index (Phi) is 2.31. The molecule has 0 bridgehead atoms. The Hall–Kier alpha value is -0.900. The van der Waals surface area contributed by atoms with Gasteiger partial charge in [0, 0.05) is 10.5 Å². The predicted molar refractivity (Wildman–Crippen MR) is 53.4 cm³/mol. The van der Waals surface area contributed by atoms with Gasteiger partial charge >= 0.3 is 0 Å². The van der Waals surface area contributed by atoms with Crippen LogP contribution < -0.4 is 0 Å². The van der Waals surface area contributed by atoms with Crippen LogP contribution in [0.15, 0.2) is 35.7 Å². The van der Waals surface area contributed by atoms with Gasteiger partial charge < -0.3 is 10.2 Å². The summed E-state index contributed by atoms with van der Waals surface area (Å²) < 4.78 is 0. The summed E-state index contributed by atoms with van der Waals surface area (Å²) in [6, 6.07) is 3.86. The Labute approximate surface area is 80.5 Å². The molecular formula is C10H10O2S. The summed E-state index contributed by atoms with van der Waals surface area (Å²) in [6.07, 6.45) is 3.63. The summed E-state index contributed by atoms with van der Waals surface area (Å²) >= 11 is 1.56. The highest BCUT2D eigenvalue weighted by Gasteiger charge is 2.22. The highest BCUT2D eigenvalue weighted by molar-refractivity contribution is 7.11. The summed E-state index contributed by atoms with van der Waals surface area (Å²) in [4.78, 5) is 1.01. The Morgan fingerprint density at radius 3 is 2.85 bits per heavy atom. The van der Waals surface area contributed by atoms with E-state index >= 15 is 0 Å². The largest absolute Gasteiger partial charge is 0.386 e. The van der Waals surface area contributed by atoms with Crippen LogP contribution in [0, 0.1) is 0 Å². The minimum Gasteiger partial charge on any atom is -0.386 e. The Morgan fingerprint density at radius 1 is 1.31 bits per heavy atom. The number of rotatable bonds is 1. The van der Waals surface area contributed by atoms with Crippen molar-refractivity contribution >= 4 is 16.9 Å². The molecule has 13 heavy (non-hydrogen) atoms. The number of allylic oxidation sites excluding steroid dienone is 2. The molecule has 1 aliphatic rings. The second-order valence-corrected chi connectivity index (χ2v) is 3.87. The van der Waals surface area contributed by atoms with E-state index in [0.29, 0.717) is 0 Å². The minimum absolute atomic E-state index is 0.776. The van der Waals surface area contributed by atoms with Crippen molar-refractivity contribution in [3.8, 4) is 0 Å². The fourth-order valence-corrected chi connectivity index (χ4v) is 2.12. The van der Waals surface area contributed by atoms with Crippen molar-refractivity contribution < 1.29 is 10.2 Å². The lowest BCUT2D eigenvalue weighted by molar-refractivity contribution is 0.0861. The van der Waals surface area contributed by atoms with Crippen molar-refractivity contribution in [1.82, 2.24) is 0 Å². The van der Waals surface area contributed by atoms with Gasteiger partial charge in [0.1, 0.15) is 12.2 Å². The zero-order valence-corrected chi connectivity index (χ0v) is 7.74. The van der Waals surface area contributed by atoms with Crippen LogP contribution in [0.2, 0.25) is 0 Å². The second kappa shape index (κ2) is 3.46. The zero-order valence-electron chi connectivity index (χ0n) is 6.92. The van der Waals surface area contributed by atoms with E-state index in [1.807, 2.05) is 23.6 Å². The third-order valence-electron chi connectivity index (χ3n) is 2.03. The van der Waals surface area contributed by atoms with Crippen LogP contribution >= 0.6 is 11.3 Å². The molecule has 1 aliphatic carbocycles. The van der Waals surface area contributed by atoms with Crippen LogP contribution in [-0.4, -0.2) is 22.4 Å². The van der Waals surface area contributed by atoms with Crippen molar-refractivity contribution in [3.63, 3.8) is 0 Å². The van der Waals surface area contributed by atoms with Crippen LogP contribution in [0.3, 0.4) is 0 Å². The Balaban J connectivity index is 2.34.